The third-order valence-electron chi connectivity index (χ3n) is 4.89. The zero-order valence-electron chi connectivity index (χ0n) is 16.3. The number of carbonyl (C=O) groups excluding carboxylic acids is 3. The minimum absolute atomic E-state index is 0.101. The van der Waals surface area contributed by atoms with Crippen molar-refractivity contribution in [1.29, 1.82) is 0 Å². The quantitative estimate of drug-likeness (QED) is 0.785. The molecular weight excluding hydrogens is 330 g/mol. The lowest BCUT2D eigenvalue weighted by Gasteiger charge is -2.24. The molecule has 6 nitrogen and oxygen atoms in total. The molecule has 6 heteroatoms. The van der Waals surface area contributed by atoms with Crippen LogP contribution in [0.4, 0.5) is 0 Å². The van der Waals surface area contributed by atoms with Gasteiger partial charge in [-0.25, -0.2) is 0 Å². The minimum Gasteiger partial charge on any atom is -0.345 e. The molecule has 26 heavy (non-hydrogen) atoms. The van der Waals surface area contributed by atoms with Crippen LogP contribution in [0.15, 0.2) is 23.3 Å². The van der Waals surface area contributed by atoms with Crippen LogP contribution in [-0.4, -0.2) is 48.3 Å². The van der Waals surface area contributed by atoms with Gasteiger partial charge < -0.3 is 15.5 Å². The molecule has 0 spiro atoms. The third kappa shape index (κ3) is 5.19. The summed E-state index contributed by atoms with van der Waals surface area (Å²) in [5.74, 6) is -0.358. The van der Waals surface area contributed by atoms with Crippen molar-refractivity contribution in [3.8, 4) is 0 Å². The molecule has 3 amide bonds. The van der Waals surface area contributed by atoms with Crippen LogP contribution in [0.25, 0.3) is 0 Å². The van der Waals surface area contributed by atoms with Gasteiger partial charge >= 0.3 is 0 Å². The molecule has 0 aromatic heterocycles. The van der Waals surface area contributed by atoms with Gasteiger partial charge in [-0.05, 0) is 44.1 Å². The Labute approximate surface area is 156 Å². The summed E-state index contributed by atoms with van der Waals surface area (Å²) in [5.41, 5.74) is 2.17. The van der Waals surface area contributed by atoms with Gasteiger partial charge in [0.05, 0.1) is 0 Å². The molecule has 2 atom stereocenters. The summed E-state index contributed by atoms with van der Waals surface area (Å²) in [4.78, 5) is 39.0. The Morgan fingerprint density at radius 2 is 2.00 bits per heavy atom. The van der Waals surface area contributed by atoms with Crippen molar-refractivity contribution in [3.63, 3.8) is 0 Å². The van der Waals surface area contributed by atoms with Crippen LogP contribution in [0.3, 0.4) is 0 Å². The van der Waals surface area contributed by atoms with Gasteiger partial charge in [0.1, 0.15) is 12.1 Å². The number of hydrogen-bond donors (Lipinski definition) is 2. The number of hydrogen-bond acceptors (Lipinski definition) is 3. The van der Waals surface area contributed by atoms with Crippen molar-refractivity contribution in [2.75, 3.05) is 13.6 Å². The summed E-state index contributed by atoms with van der Waals surface area (Å²) in [6, 6.07) is -1.36. The zero-order chi connectivity index (χ0) is 19.3. The number of nitrogens with zero attached hydrogens (tertiary/aromatic N) is 1. The summed E-state index contributed by atoms with van der Waals surface area (Å²) in [6.45, 7) is 6.22. The van der Waals surface area contributed by atoms with Crippen LogP contribution in [0.2, 0.25) is 0 Å². The molecule has 1 aliphatic heterocycles. The van der Waals surface area contributed by atoms with Crippen LogP contribution in [0.5, 0.6) is 0 Å². The number of rotatable bonds is 5. The van der Waals surface area contributed by atoms with E-state index in [0.717, 1.165) is 31.3 Å². The van der Waals surface area contributed by atoms with Gasteiger partial charge in [-0.3, -0.25) is 14.4 Å². The number of nitrogens with one attached hydrogen (secondary N) is 2. The molecule has 0 unspecified atom stereocenters. The van der Waals surface area contributed by atoms with Crippen molar-refractivity contribution in [3.05, 3.63) is 23.3 Å². The Balaban J connectivity index is 2.13. The summed E-state index contributed by atoms with van der Waals surface area (Å²) >= 11 is 0. The van der Waals surface area contributed by atoms with Crippen molar-refractivity contribution in [2.24, 2.45) is 5.92 Å². The summed E-state index contributed by atoms with van der Waals surface area (Å²) < 4.78 is 0. The maximum absolute atomic E-state index is 12.8. The van der Waals surface area contributed by atoms with E-state index in [1.165, 1.54) is 5.57 Å². The molecule has 0 saturated carbocycles. The SMILES string of the molecule is CC(C)CC(=O)N[C@@H](C)C(=O)N[C@@H]1C(=O)N(C)CCC2=C1C=CCCC2. The topological polar surface area (TPSA) is 78.5 Å². The molecule has 1 aliphatic carbocycles. The van der Waals surface area contributed by atoms with Gasteiger partial charge in [-0.2, -0.15) is 0 Å². The van der Waals surface area contributed by atoms with E-state index in [4.69, 9.17) is 0 Å². The monoisotopic (exact) mass is 361 g/mol. The number of likely N-dealkylation sites (N-methyl/N-ethyl adjacent to an activating group) is 1. The Morgan fingerprint density at radius 3 is 2.69 bits per heavy atom. The predicted octanol–water partition coefficient (Wildman–Crippen LogP) is 1.92. The second-order valence-corrected chi connectivity index (χ2v) is 7.69. The molecule has 0 aromatic rings. The highest BCUT2D eigenvalue weighted by Gasteiger charge is 2.32. The molecule has 2 N–H and O–H groups in total. The smallest absolute Gasteiger partial charge is 0.249 e. The fourth-order valence-electron chi connectivity index (χ4n) is 3.39. The average molecular weight is 361 g/mol. The number of carbonyl (C=O) groups is 3. The van der Waals surface area contributed by atoms with E-state index in [9.17, 15) is 14.4 Å². The molecule has 2 rings (SSSR count). The molecule has 0 bridgehead atoms. The molecule has 0 saturated heterocycles. The van der Waals surface area contributed by atoms with E-state index in [-0.39, 0.29) is 23.6 Å². The van der Waals surface area contributed by atoms with Crippen molar-refractivity contribution >= 4 is 17.7 Å². The standard InChI is InChI=1S/C20H31N3O3/c1-13(2)12-17(24)21-14(3)19(25)22-18-16-9-7-5-6-8-15(16)10-11-23(4)20(18)26/h7,9,13-14,18H,5-6,8,10-12H2,1-4H3,(H,21,24)(H,22,25)/t14-,18-/m0/s1. The molecule has 2 aliphatic rings. The van der Waals surface area contributed by atoms with Gasteiger partial charge in [0.2, 0.25) is 17.7 Å². The lowest BCUT2D eigenvalue weighted by atomic mass is 9.97. The molecule has 0 fully saturated rings. The highest BCUT2D eigenvalue weighted by molar-refractivity contribution is 5.94. The van der Waals surface area contributed by atoms with Gasteiger partial charge in [0.25, 0.3) is 0 Å². The fourth-order valence-corrected chi connectivity index (χ4v) is 3.39. The Morgan fingerprint density at radius 1 is 1.27 bits per heavy atom. The second kappa shape index (κ2) is 9.01. The molecule has 0 radical (unpaired) electrons. The number of allylic oxidation sites excluding steroid dienone is 1. The maximum Gasteiger partial charge on any atom is 0.249 e. The molecule has 144 valence electrons. The van der Waals surface area contributed by atoms with Gasteiger partial charge in [0, 0.05) is 20.0 Å². The lowest BCUT2D eigenvalue weighted by molar-refractivity contribution is -0.135. The van der Waals surface area contributed by atoms with Crippen molar-refractivity contribution in [1.82, 2.24) is 15.5 Å². The van der Waals surface area contributed by atoms with E-state index in [1.54, 1.807) is 18.9 Å². The van der Waals surface area contributed by atoms with E-state index < -0.39 is 12.1 Å². The highest BCUT2D eigenvalue weighted by atomic mass is 16.2. The molecular formula is C20H31N3O3. The Hall–Kier alpha value is -2.11. The Kier molecular flexibility index (Phi) is 7.00. The first kappa shape index (κ1) is 20.2. The summed E-state index contributed by atoms with van der Waals surface area (Å²) in [5, 5.41) is 5.59. The number of amides is 3. The molecule has 0 aromatic carbocycles. The molecule has 1 heterocycles. The van der Waals surface area contributed by atoms with Crippen LogP contribution in [-0.2, 0) is 14.4 Å². The van der Waals surface area contributed by atoms with Crippen molar-refractivity contribution in [2.45, 2.75) is 65.0 Å². The van der Waals surface area contributed by atoms with Crippen LogP contribution >= 0.6 is 0 Å². The minimum atomic E-state index is -0.679. The van der Waals surface area contributed by atoms with Crippen LogP contribution < -0.4 is 10.6 Å². The van der Waals surface area contributed by atoms with Gasteiger partial charge in [-0.1, -0.05) is 31.6 Å². The summed E-state index contributed by atoms with van der Waals surface area (Å²) in [7, 11) is 1.77. The fraction of sp³-hybridized carbons (Fsp3) is 0.650. The predicted molar refractivity (Wildman–Crippen MR) is 101 cm³/mol. The maximum atomic E-state index is 12.8. The van der Waals surface area contributed by atoms with Gasteiger partial charge in [0.15, 0.2) is 0 Å². The van der Waals surface area contributed by atoms with Crippen LogP contribution in [0, 0.1) is 5.92 Å². The normalized spacial score (nSPS) is 21.8. The first-order valence-electron chi connectivity index (χ1n) is 9.52. The zero-order valence-corrected chi connectivity index (χ0v) is 16.3. The van der Waals surface area contributed by atoms with E-state index >= 15 is 0 Å². The lowest BCUT2D eigenvalue weighted by Crippen LogP contribution is -2.53. The summed E-state index contributed by atoms with van der Waals surface area (Å²) in [6.07, 6.45) is 8.29. The Bertz CT molecular complexity index is 622. The third-order valence-corrected chi connectivity index (χ3v) is 4.89. The first-order chi connectivity index (χ1) is 12.3. The average Bonchev–Trinajstić information content (AvgIpc) is 2.85. The van der Waals surface area contributed by atoms with E-state index in [0.29, 0.717) is 13.0 Å². The van der Waals surface area contributed by atoms with E-state index in [2.05, 4.69) is 16.7 Å². The van der Waals surface area contributed by atoms with Gasteiger partial charge in [-0.15, -0.1) is 0 Å². The largest absolute Gasteiger partial charge is 0.345 e. The second-order valence-electron chi connectivity index (χ2n) is 7.69. The highest BCUT2D eigenvalue weighted by Crippen LogP contribution is 2.27. The van der Waals surface area contributed by atoms with E-state index in [1.807, 2.05) is 19.9 Å². The van der Waals surface area contributed by atoms with Crippen LogP contribution in [0.1, 0.15) is 52.9 Å². The van der Waals surface area contributed by atoms with Crippen molar-refractivity contribution < 1.29 is 14.4 Å². The first-order valence-corrected chi connectivity index (χ1v) is 9.52.